The zero-order valence-electron chi connectivity index (χ0n) is 15.6. The van der Waals surface area contributed by atoms with E-state index in [1.807, 2.05) is 13.8 Å². The van der Waals surface area contributed by atoms with Gasteiger partial charge in [0.2, 0.25) is 0 Å². The number of benzene rings is 1. The molecule has 6 saturated carbocycles. The summed E-state index contributed by atoms with van der Waals surface area (Å²) < 4.78 is 13.0. The van der Waals surface area contributed by atoms with Crippen LogP contribution < -0.4 is 0 Å². The van der Waals surface area contributed by atoms with Crippen LogP contribution in [0.4, 0.5) is 0 Å². The molecule has 4 bridgehead atoms. The molecular formula is C21H25IO4. The van der Waals surface area contributed by atoms with E-state index in [1.54, 1.807) is 0 Å². The van der Waals surface area contributed by atoms with Crippen LogP contribution in [0.25, 0.3) is 0 Å². The van der Waals surface area contributed by atoms with Gasteiger partial charge in [-0.05, 0) is 0 Å². The Balaban J connectivity index is 1.42. The summed E-state index contributed by atoms with van der Waals surface area (Å²) in [5.74, 6) is 1.21. The maximum absolute atomic E-state index is 12.8. The molecule has 0 atom stereocenters. The van der Waals surface area contributed by atoms with Crippen LogP contribution in [0.3, 0.4) is 0 Å². The van der Waals surface area contributed by atoms with Gasteiger partial charge in [0.1, 0.15) is 0 Å². The van der Waals surface area contributed by atoms with E-state index in [4.69, 9.17) is 6.13 Å². The van der Waals surface area contributed by atoms with E-state index in [9.17, 15) is 9.59 Å². The molecule has 0 saturated heterocycles. The average molecular weight is 468 g/mol. The number of halogens is 1. The van der Waals surface area contributed by atoms with Crippen molar-refractivity contribution >= 4 is 32.6 Å². The SMILES string of the molecule is Cc1cc(C)c(I(OC(=O)C23CC(C2)C3)OC(=O)C23CC(C2)C3)c(C)c1. The first-order valence-corrected chi connectivity index (χ1v) is 12.4. The van der Waals surface area contributed by atoms with Crippen LogP contribution in [-0.4, -0.2) is 11.9 Å². The van der Waals surface area contributed by atoms with Crippen LogP contribution >= 0.6 is 20.6 Å². The molecule has 6 aliphatic carbocycles. The van der Waals surface area contributed by atoms with Crippen molar-refractivity contribution in [3.8, 4) is 0 Å². The normalized spacial score (nSPS) is 35.9. The Morgan fingerprint density at radius 2 is 1.23 bits per heavy atom. The van der Waals surface area contributed by atoms with E-state index in [0.29, 0.717) is 0 Å². The van der Waals surface area contributed by atoms with Crippen molar-refractivity contribution in [2.75, 3.05) is 0 Å². The quantitative estimate of drug-likeness (QED) is 0.583. The molecule has 7 rings (SSSR count). The van der Waals surface area contributed by atoms with Gasteiger partial charge in [-0.1, -0.05) is 0 Å². The predicted octanol–water partition coefficient (Wildman–Crippen LogP) is 4.80. The molecule has 26 heavy (non-hydrogen) atoms. The van der Waals surface area contributed by atoms with Crippen LogP contribution in [0.1, 0.15) is 55.2 Å². The molecule has 0 N–H and O–H groups in total. The first-order valence-electron chi connectivity index (χ1n) is 9.54. The summed E-state index contributed by atoms with van der Waals surface area (Å²) in [6.07, 6.45) is 5.76. The summed E-state index contributed by atoms with van der Waals surface area (Å²) in [6.45, 7) is 6.12. The van der Waals surface area contributed by atoms with Crippen LogP contribution in [0.15, 0.2) is 12.1 Å². The first-order chi connectivity index (χ1) is 12.3. The van der Waals surface area contributed by atoms with Gasteiger partial charge in [-0.25, -0.2) is 0 Å². The van der Waals surface area contributed by atoms with Crippen molar-refractivity contribution in [2.45, 2.75) is 59.3 Å². The molecule has 0 amide bonds. The van der Waals surface area contributed by atoms with Gasteiger partial charge in [-0.3, -0.25) is 0 Å². The molecule has 0 aromatic heterocycles. The zero-order valence-corrected chi connectivity index (χ0v) is 17.7. The minimum absolute atomic E-state index is 0.116. The monoisotopic (exact) mass is 468 g/mol. The third-order valence-electron chi connectivity index (χ3n) is 6.96. The van der Waals surface area contributed by atoms with E-state index in [-0.39, 0.29) is 22.8 Å². The summed E-state index contributed by atoms with van der Waals surface area (Å²) in [6, 6.07) is 4.19. The second-order valence-electron chi connectivity index (χ2n) is 9.18. The molecule has 6 aliphatic rings. The number of carbonyl (C=O) groups excluding carboxylic acids is 2. The number of hydrogen-bond acceptors (Lipinski definition) is 4. The molecule has 0 unspecified atom stereocenters. The summed E-state index contributed by atoms with van der Waals surface area (Å²) in [5.41, 5.74) is 2.81. The van der Waals surface area contributed by atoms with E-state index < -0.39 is 20.6 Å². The number of hydrogen-bond donors (Lipinski definition) is 0. The molecule has 5 heteroatoms. The van der Waals surface area contributed by atoms with E-state index in [0.717, 1.165) is 65.1 Å². The summed E-state index contributed by atoms with van der Waals surface area (Å²) in [4.78, 5) is 25.6. The summed E-state index contributed by atoms with van der Waals surface area (Å²) >= 11 is -2.83. The third-order valence-corrected chi connectivity index (χ3v) is 11.1. The number of rotatable bonds is 5. The van der Waals surface area contributed by atoms with Crippen LogP contribution in [0.2, 0.25) is 0 Å². The Labute approximate surface area is 162 Å². The molecule has 0 radical (unpaired) electrons. The molecule has 4 nitrogen and oxygen atoms in total. The minimum atomic E-state index is -2.83. The number of aryl methyl sites for hydroxylation is 3. The van der Waals surface area contributed by atoms with Gasteiger partial charge < -0.3 is 0 Å². The van der Waals surface area contributed by atoms with Gasteiger partial charge >= 0.3 is 163 Å². The van der Waals surface area contributed by atoms with E-state index in [2.05, 4.69) is 19.1 Å². The Bertz CT molecular complexity index is 732. The van der Waals surface area contributed by atoms with Crippen molar-refractivity contribution in [1.29, 1.82) is 0 Å². The van der Waals surface area contributed by atoms with Crippen molar-refractivity contribution < 1.29 is 15.7 Å². The van der Waals surface area contributed by atoms with Gasteiger partial charge in [0.05, 0.1) is 0 Å². The third kappa shape index (κ3) is 2.31. The Morgan fingerprint density at radius 3 is 1.54 bits per heavy atom. The molecule has 1 aromatic carbocycles. The van der Waals surface area contributed by atoms with Crippen molar-refractivity contribution in [2.24, 2.45) is 22.7 Å². The van der Waals surface area contributed by atoms with Crippen LogP contribution in [0, 0.1) is 47.0 Å². The Morgan fingerprint density at radius 1 is 0.846 bits per heavy atom. The standard InChI is InChI=1S/C21H25IO4/c1-12-4-13(2)17(14(3)5-12)22(25-18(23)20-6-15(7-20)8-20)26-19(24)21-9-16(10-21)11-21/h4-5,15-16H,6-11H2,1-3H3. The molecule has 0 spiro atoms. The van der Waals surface area contributed by atoms with Crippen molar-refractivity contribution in [3.63, 3.8) is 0 Å². The van der Waals surface area contributed by atoms with Gasteiger partial charge in [0.15, 0.2) is 0 Å². The van der Waals surface area contributed by atoms with E-state index in [1.165, 1.54) is 5.56 Å². The van der Waals surface area contributed by atoms with E-state index >= 15 is 0 Å². The van der Waals surface area contributed by atoms with Crippen LogP contribution in [-0.2, 0) is 15.7 Å². The molecule has 0 heterocycles. The van der Waals surface area contributed by atoms with Gasteiger partial charge in [-0.15, -0.1) is 0 Å². The van der Waals surface area contributed by atoms with Crippen LogP contribution in [0.5, 0.6) is 0 Å². The Hall–Kier alpha value is -1.11. The molecule has 140 valence electrons. The zero-order chi connectivity index (χ0) is 18.3. The first kappa shape index (κ1) is 17.0. The molecule has 6 fully saturated rings. The maximum atomic E-state index is 12.8. The predicted molar refractivity (Wildman–Crippen MR) is 105 cm³/mol. The summed E-state index contributed by atoms with van der Waals surface area (Å²) in [7, 11) is 0. The second-order valence-corrected chi connectivity index (χ2v) is 12.4. The fourth-order valence-electron chi connectivity index (χ4n) is 5.25. The second kappa shape index (κ2) is 5.46. The van der Waals surface area contributed by atoms with Gasteiger partial charge in [0, 0.05) is 0 Å². The molecule has 0 aliphatic heterocycles. The number of carbonyl (C=O) groups is 2. The fraction of sp³-hybridized carbons (Fsp3) is 0.619. The van der Waals surface area contributed by atoms with Gasteiger partial charge in [0.25, 0.3) is 0 Å². The topological polar surface area (TPSA) is 52.6 Å². The Kier molecular flexibility index (Phi) is 3.57. The average Bonchev–Trinajstić information content (AvgIpc) is 2.28. The molecule has 1 aromatic rings. The van der Waals surface area contributed by atoms with Gasteiger partial charge in [-0.2, -0.15) is 0 Å². The van der Waals surface area contributed by atoms with Crippen molar-refractivity contribution in [1.82, 2.24) is 0 Å². The summed E-state index contributed by atoms with van der Waals surface area (Å²) in [5, 5.41) is 0. The van der Waals surface area contributed by atoms with Crippen molar-refractivity contribution in [3.05, 3.63) is 32.4 Å². The molecular weight excluding hydrogens is 443 g/mol. The fourth-order valence-corrected chi connectivity index (χ4v) is 9.14.